The number of aryl methyl sites for hydroxylation is 1. The van der Waals surface area contributed by atoms with Gasteiger partial charge in [0, 0.05) is 16.9 Å². The molecule has 0 fully saturated rings. The van der Waals surface area contributed by atoms with E-state index in [1.54, 1.807) is 17.1 Å². The molecule has 0 bridgehead atoms. The lowest BCUT2D eigenvalue weighted by molar-refractivity contribution is 0.102. The van der Waals surface area contributed by atoms with E-state index in [1.807, 2.05) is 56.3 Å². The number of benzene rings is 2. The summed E-state index contributed by atoms with van der Waals surface area (Å²) >= 11 is 6.16. The maximum Gasteiger partial charge on any atom is 0.258 e. The van der Waals surface area contributed by atoms with Crippen LogP contribution in [0.1, 0.15) is 27.0 Å². The van der Waals surface area contributed by atoms with Crippen LogP contribution in [0.2, 0.25) is 5.02 Å². The minimum absolute atomic E-state index is 0.172. The zero-order valence-electron chi connectivity index (χ0n) is 13.6. The number of hydrogen-bond donors (Lipinski definition) is 1. The first-order valence-corrected chi connectivity index (χ1v) is 8.06. The van der Waals surface area contributed by atoms with Gasteiger partial charge in [-0.15, -0.1) is 0 Å². The molecule has 1 amide bonds. The molecule has 0 unspecified atom stereocenters. The van der Waals surface area contributed by atoms with Crippen molar-refractivity contribution in [2.45, 2.75) is 20.4 Å². The Morgan fingerprint density at radius 1 is 1.17 bits per heavy atom. The summed E-state index contributed by atoms with van der Waals surface area (Å²) < 4.78 is 1.71. The van der Waals surface area contributed by atoms with Gasteiger partial charge in [-0.1, -0.05) is 41.9 Å². The van der Waals surface area contributed by atoms with Crippen LogP contribution in [0.5, 0.6) is 0 Å². The van der Waals surface area contributed by atoms with Crippen LogP contribution in [0.25, 0.3) is 0 Å². The van der Waals surface area contributed by atoms with Gasteiger partial charge in [0.2, 0.25) is 0 Å². The second-order valence-electron chi connectivity index (χ2n) is 5.72. The van der Waals surface area contributed by atoms with E-state index in [4.69, 9.17) is 11.6 Å². The first-order valence-electron chi connectivity index (χ1n) is 7.68. The lowest BCUT2D eigenvalue weighted by Gasteiger charge is -2.09. The lowest BCUT2D eigenvalue weighted by atomic mass is 10.1. The minimum Gasteiger partial charge on any atom is -0.322 e. The number of hydrogen-bond acceptors (Lipinski definition) is 2. The standard InChI is InChI=1S/C19H18ClN3O/c1-13-6-5-9-18(14(13)2)22-19(24)16-10-21-23(12-16)11-15-7-3-4-8-17(15)20/h3-10,12H,11H2,1-2H3,(H,22,24). The summed E-state index contributed by atoms with van der Waals surface area (Å²) in [4.78, 5) is 12.4. The molecule has 1 heterocycles. The van der Waals surface area contributed by atoms with Crippen LogP contribution in [-0.4, -0.2) is 15.7 Å². The minimum atomic E-state index is -0.172. The van der Waals surface area contributed by atoms with Crippen molar-refractivity contribution in [3.05, 3.63) is 82.1 Å². The Balaban J connectivity index is 1.74. The highest BCUT2D eigenvalue weighted by Crippen LogP contribution is 2.19. The molecule has 3 rings (SSSR count). The van der Waals surface area contributed by atoms with E-state index >= 15 is 0 Å². The van der Waals surface area contributed by atoms with Crippen LogP contribution < -0.4 is 5.32 Å². The molecule has 24 heavy (non-hydrogen) atoms. The number of rotatable bonds is 4. The zero-order valence-corrected chi connectivity index (χ0v) is 14.3. The van der Waals surface area contributed by atoms with Crippen molar-refractivity contribution in [1.82, 2.24) is 9.78 Å². The third-order valence-electron chi connectivity index (χ3n) is 4.04. The molecule has 0 aliphatic carbocycles. The molecule has 1 N–H and O–H groups in total. The SMILES string of the molecule is Cc1cccc(NC(=O)c2cnn(Cc3ccccc3Cl)c2)c1C. The molecular formula is C19H18ClN3O. The summed E-state index contributed by atoms with van der Waals surface area (Å²) in [5.41, 5.74) is 4.50. The van der Waals surface area contributed by atoms with Crippen LogP contribution in [0.4, 0.5) is 5.69 Å². The fourth-order valence-corrected chi connectivity index (χ4v) is 2.64. The van der Waals surface area contributed by atoms with Crippen molar-refractivity contribution in [3.63, 3.8) is 0 Å². The van der Waals surface area contributed by atoms with Gasteiger partial charge in [-0.3, -0.25) is 9.48 Å². The van der Waals surface area contributed by atoms with Gasteiger partial charge in [-0.25, -0.2) is 0 Å². The van der Waals surface area contributed by atoms with Gasteiger partial charge >= 0.3 is 0 Å². The Morgan fingerprint density at radius 2 is 1.96 bits per heavy atom. The van der Waals surface area contributed by atoms with Gasteiger partial charge in [0.15, 0.2) is 0 Å². The molecule has 122 valence electrons. The average molecular weight is 340 g/mol. The fraction of sp³-hybridized carbons (Fsp3) is 0.158. The monoisotopic (exact) mass is 339 g/mol. The number of aromatic nitrogens is 2. The number of nitrogens with one attached hydrogen (secondary N) is 1. The Morgan fingerprint density at radius 3 is 2.75 bits per heavy atom. The van der Waals surface area contributed by atoms with Crippen molar-refractivity contribution in [3.8, 4) is 0 Å². The van der Waals surface area contributed by atoms with E-state index in [1.165, 1.54) is 0 Å². The number of amides is 1. The van der Waals surface area contributed by atoms with E-state index in [0.717, 1.165) is 22.4 Å². The highest BCUT2D eigenvalue weighted by molar-refractivity contribution is 6.31. The molecule has 0 spiro atoms. The van der Waals surface area contributed by atoms with Crippen molar-refractivity contribution in [2.24, 2.45) is 0 Å². The highest BCUT2D eigenvalue weighted by atomic mass is 35.5. The second kappa shape index (κ2) is 6.89. The number of carbonyl (C=O) groups excluding carboxylic acids is 1. The summed E-state index contributed by atoms with van der Waals surface area (Å²) in [6.07, 6.45) is 3.29. The number of carbonyl (C=O) groups is 1. The molecule has 0 radical (unpaired) electrons. The molecule has 0 aliphatic rings. The Labute approximate surface area is 146 Å². The summed E-state index contributed by atoms with van der Waals surface area (Å²) in [5, 5.41) is 7.88. The summed E-state index contributed by atoms with van der Waals surface area (Å²) in [5.74, 6) is -0.172. The third kappa shape index (κ3) is 3.49. The van der Waals surface area contributed by atoms with Gasteiger partial charge < -0.3 is 5.32 Å². The van der Waals surface area contributed by atoms with Gasteiger partial charge in [0.1, 0.15) is 0 Å². The average Bonchev–Trinajstić information content (AvgIpc) is 3.03. The van der Waals surface area contributed by atoms with E-state index < -0.39 is 0 Å². The Bertz CT molecular complexity index is 886. The first-order chi connectivity index (χ1) is 11.5. The summed E-state index contributed by atoms with van der Waals surface area (Å²) in [6.45, 7) is 4.54. The van der Waals surface area contributed by atoms with E-state index in [2.05, 4.69) is 10.4 Å². The smallest absolute Gasteiger partial charge is 0.258 e. The molecule has 3 aromatic rings. The predicted octanol–water partition coefficient (Wildman–Crippen LogP) is 4.45. The zero-order chi connectivity index (χ0) is 17.1. The second-order valence-corrected chi connectivity index (χ2v) is 6.13. The largest absolute Gasteiger partial charge is 0.322 e. The normalized spacial score (nSPS) is 10.6. The maximum absolute atomic E-state index is 12.4. The van der Waals surface area contributed by atoms with Crippen molar-refractivity contribution in [1.29, 1.82) is 0 Å². The van der Waals surface area contributed by atoms with Gasteiger partial charge in [0.25, 0.3) is 5.91 Å². The van der Waals surface area contributed by atoms with Crippen LogP contribution in [0, 0.1) is 13.8 Å². The number of halogens is 1. The number of nitrogens with zero attached hydrogens (tertiary/aromatic N) is 2. The van der Waals surface area contributed by atoms with Crippen molar-refractivity contribution < 1.29 is 4.79 Å². The van der Waals surface area contributed by atoms with Gasteiger partial charge in [-0.2, -0.15) is 5.10 Å². The molecule has 4 nitrogen and oxygen atoms in total. The van der Waals surface area contributed by atoms with Crippen LogP contribution in [0.3, 0.4) is 0 Å². The topological polar surface area (TPSA) is 46.9 Å². The Hall–Kier alpha value is -2.59. The predicted molar refractivity (Wildman–Crippen MR) is 96.7 cm³/mol. The van der Waals surface area contributed by atoms with Crippen molar-refractivity contribution >= 4 is 23.2 Å². The van der Waals surface area contributed by atoms with Gasteiger partial charge in [-0.05, 0) is 42.7 Å². The maximum atomic E-state index is 12.4. The number of anilines is 1. The highest BCUT2D eigenvalue weighted by Gasteiger charge is 2.11. The fourth-order valence-electron chi connectivity index (χ4n) is 2.45. The van der Waals surface area contributed by atoms with E-state index in [9.17, 15) is 4.79 Å². The van der Waals surface area contributed by atoms with Crippen molar-refractivity contribution in [2.75, 3.05) is 5.32 Å². The molecule has 0 saturated heterocycles. The van der Waals surface area contributed by atoms with Gasteiger partial charge in [0.05, 0.1) is 18.3 Å². The third-order valence-corrected chi connectivity index (χ3v) is 4.41. The van der Waals surface area contributed by atoms with Crippen LogP contribution >= 0.6 is 11.6 Å². The quantitative estimate of drug-likeness (QED) is 0.763. The molecule has 2 aromatic carbocycles. The van der Waals surface area contributed by atoms with Crippen LogP contribution in [0.15, 0.2) is 54.9 Å². The summed E-state index contributed by atoms with van der Waals surface area (Å²) in [6, 6.07) is 13.4. The van der Waals surface area contributed by atoms with E-state index in [0.29, 0.717) is 17.1 Å². The molecule has 0 atom stereocenters. The molecular weight excluding hydrogens is 322 g/mol. The molecule has 0 aliphatic heterocycles. The molecule has 1 aromatic heterocycles. The van der Waals surface area contributed by atoms with E-state index in [-0.39, 0.29) is 5.91 Å². The Kier molecular flexibility index (Phi) is 4.67. The molecule has 0 saturated carbocycles. The molecule has 5 heteroatoms. The van der Waals surface area contributed by atoms with Crippen LogP contribution in [-0.2, 0) is 6.54 Å². The summed E-state index contributed by atoms with van der Waals surface area (Å²) in [7, 11) is 0. The lowest BCUT2D eigenvalue weighted by Crippen LogP contribution is -2.12. The first kappa shape index (κ1) is 16.3.